The lowest BCUT2D eigenvalue weighted by Crippen LogP contribution is -2.39. The van der Waals surface area contributed by atoms with Crippen molar-refractivity contribution in [2.45, 2.75) is 26.7 Å². The van der Waals surface area contributed by atoms with Gasteiger partial charge in [0.05, 0.1) is 6.54 Å². The van der Waals surface area contributed by atoms with Crippen LogP contribution in [0, 0.1) is 6.92 Å². The summed E-state index contributed by atoms with van der Waals surface area (Å²) in [7, 11) is 0. The highest BCUT2D eigenvalue weighted by molar-refractivity contribution is 5.96. The second-order valence-corrected chi connectivity index (χ2v) is 4.62. The molecule has 1 rings (SSSR count). The average Bonchev–Trinajstić information content (AvgIpc) is 2.36. The number of primary amides is 1. The highest BCUT2D eigenvalue weighted by Crippen LogP contribution is 2.14. The Morgan fingerprint density at radius 3 is 2.53 bits per heavy atom. The smallest absolute Gasteiger partial charge is 0.254 e. The summed E-state index contributed by atoms with van der Waals surface area (Å²) in [5, 5.41) is 0. The molecule has 0 aliphatic heterocycles. The number of unbranched alkanes of at least 4 members (excludes halogenated alkanes) is 1. The third kappa shape index (κ3) is 4.28. The van der Waals surface area contributed by atoms with Crippen molar-refractivity contribution in [2.75, 3.05) is 18.8 Å². The summed E-state index contributed by atoms with van der Waals surface area (Å²) in [6.07, 6.45) is 1.79. The molecule has 104 valence electrons. The summed E-state index contributed by atoms with van der Waals surface area (Å²) in [4.78, 5) is 24.8. The average molecular weight is 263 g/mol. The maximum Gasteiger partial charge on any atom is 0.254 e. The maximum atomic E-state index is 12.3. The first kappa shape index (κ1) is 15.0. The molecular weight excluding hydrogens is 242 g/mol. The van der Waals surface area contributed by atoms with E-state index >= 15 is 0 Å². The van der Waals surface area contributed by atoms with Crippen LogP contribution < -0.4 is 11.5 Å². The van der Waals surface area contributed by atoms with Gasteiger partial charge in [-0.15, -0.1) is 0 Å². The molecule has 19 heavy (non-hydrogen) atoms. The van der Waals surface area contributed by atoms with E-state index in [1.165, 1.54) is 4.90 Å². The van der Waals surface area contributed by atoms with E-state index in [9.17, 15) is 9.59 Å². The first-order chi connectivity index (χ1) is 8.95. The Bertz CT molecular complexity index is 472. The van der Waals surface area contributed by atoms with E-state index in [1.54, 1.807) is 18.2 Å². The van der Waals surface area contributed by atoms with Crippen molar-refractivity contribution in [2.24, 2.45) is 5.73 Å². The van der Waals surface area contributed by atoms with E-state index in [1.807, 2.05) is 13.8 Å². The molecule has 0 fully saturated rings. The zero-order valence-corrected chi connectivity index (χ0v) is 11.5. The van der Waals surface area contributed by atoms with Gasteiger partial charge in [-0.2, -0.15) is 0 Å². The van der Waals surface area contributed by atoms with Crippen LogP contribution in [0.15, 0.2) is 18.2 Å². The van der Waals surface area contributed by atoms with E-state index in [0.717, 1.165) is 18.4 Å². The van der Waals surface area contributed by atoms with Crippen molar-refractivity contribution < 1.29 is 9.59 Å². The van der Waals surface area contributed by atoms with Crippen molar-refractivity contribution in [3.05, 3.63) is 29.3 Å². The molecule has 0 unspecified atom stereocenters. The zero-order chi connectivity index (χ0) is 14.4. The normalized spacial score (nSPS) is 10.2. The van der Waals surface area contributed by atoms with E-state index in [-0.39, 0.29) is 12.5 Å². The topological polar surface area (TPSA) is 89.4 Å². The van der Waals surface area contributed by atoms with Gasteiger partial charge in [0.15, 0.2) is 0 Å². The number of amides is 2. The van der Waals surface area contributed by atoms with Gasteiger partial charge >= 0.3 is 0 Å². The quantitative estimate of drug-likeness (QED) is 0.758. The third-order valence-electron chi connectivity index (χ3n) is 2.93. The summed E-state index contributed by atoms with van der Waals surface area (Å²) >= 11 is 0. The highest BCUT2D eigenvalue weighted by atomic mass is 16.2. The molecule has 0 saturated heterocycles. The van der Waals surface area contributed by atoms with Crippen LogP contribution in [0.2, 0.25) is 0 Å². The van der Waals surface area contributed by atoms with Crippen molar-refractivity contribution in [1.82, 2.24) is 4.90 Å². The van der Waals surface area contributed by atoms with Crippen molar-refractivity contribution in [3.8, 4) is 0 Å². The second-order valence-electron chi connectivity index (χ2n) is 4.62. The number of hydrogen-bond donors (Lipinski definition) is 2. The predicted octanol–water partition coefficient (Wildman–Crippen LogP) is 1.30. The van der Waals surface area contributed by atoms with Crippen LogP contribution in [-0.2, 0) is 4.79 Å². The number of carbonyl (C=O) groups is 2. The summed E-state index contributed by atoms with van der Waals surface area (Å²) < 4.78 is 0. The van der Waals surface area contributed by atoms with E-state index in [4.69, 9.17) is 11.5 Å². The number of nitrogen functional groups attached to an aromatic ring is 1. The number of anilines is 1. The minimum atomic E-state index is -0.503. The molecule has 0 bridgehead atoms. The monoisotopic (exact) mass is 263 g/mol. The van der Waals surface area contributed by atoms with Gasteiger partial charge in [0.25, 0.3) is 5.91 Å². The Kier molecular flexibility index (Phi) is 5.36. The third-order valence-corrected chi connectivity index (χ3v) is 2.93. The fourth-order valence-electron chi connectivity index (χ4n) is 1.78. The van der Waals surface area contributed by atoms with Crippen molar-refractivity contribution in [3.63, 3.8) is 0 Å². The van der Waals surface area contributed by atoms with Gasteiger partial charge in [0.2, 0.25) is 5.91 Å². The summed E-state index contributed by atoms with van der Waals surface area (Å²) in [6.45, 7) is 4.35. The van der Waals surface area contributed by atoms with E-state index in [0.29, 0.717) is 17.8 Å². The van der Waals surface area contributed by atoms with Gasteiger partial charge < -0.3 is 16.4 Å². The molecule has 0 heterocycles. The van der Waals surface area contributed by atoms with Crippen LogP contribution in [0.5, 0.6) is 0 Å². The lowest BCUT2D eigenvalue weighted by Gasteiger charge is -2.21. The zero-order valence-electron chi connectivity index (χ0n) is 11.5. The second kappa shape index (κ2) is 6.78. The Morgan fingerprint density at radius 1 is 1.32 bits per heavy atom. The van der Waals surface area contributed by atoms with E-state index in [2.05, 4.69) is 0 Å². The van der Waals surface area contributed by atoms with Gasteiger partial charge in [-0.1, -0.05) is 13.3 Å². The molecule has 1 aromatic rings. The summed E-state index contributed by atoms with van der Waals surface area (Å²) in [6, 6.07) is 5.10. The Balaban J connectivity index is 2.90. The molecule has 0 saturated carbocycles. The molecule has 4 N–H and O–H groups in total. The summed E-state index contributed by atoms with van der Waals surface area (Å²) in [5.41, 5.74) is 12.9. The van der Waals surface area contributed by atoms with Crippen LogP contribution in [0.3, 0.4) is 0 Å². The van der Waals surface area contributed by atoms with Gasteiger partial charge in [-0.25, -0.2) is 0 Å². The standard InChI is InChI=1S/C14H21N3O2/c1-3-4-7-17(9-13(16)18)14(19)11-5-6-12(15)10(2)8-11/h5-6,8H,3-4,7,9,15H2,1-2H3,(H2,16,18). The highest BCUT2D eigenvalue weighted by Gasteiger charge is 2.17. The first-order valence-electron chi connectivity index (χ1n) is 6.39. The van der Waals surface area contributed by atoms with Gasteiger partial charge in [0.1, 0.15) is 0 Å². The predicted molar refractivity (Wildman–Crippen MR) is 75.6 cm³/mol. The van der Waals surface area contributed by atoms with Gasteiger partial charge in [0, 0.05) is 17.8 Å². The van der Waals surface area contributed by atoms with Crippen molar-refractivity contribution >= 4 is 17.5 Å². The van der Waals surface area contributed by atoms with Crippen LogP contribution in [-0.4, -0.2) is 29.8 Å². The molecule has 0 atom stereocenters. The number of carbonyl (C=O) groups excluding carboxylic acids is 2. The molecule has 0 radical (unpaired) electrons. The molecule has 1 aromatic carbocycles. The Hall–Kier alpha value is -2.04. The number of aryl methyl sites for hydroxylation is 1. The fraction of sp³-hybridized carbons (Fsp3) is 0.429. The number of benzene rings is 1. The molecule has 0 aliphatic carbocycles. The summed E-state index contributed by atoms with van der Waals surface area (Å²) in [5.74, 6) is -0.688. The lowest BCUT2D eigenvalue weighted by atomic mass is 10.1. The molecule has 5 nitrogen and oxygen atoms in total. The SMILES string of the molecule is CCCCN(CC(N)=O)C(=O)c1ccc(N)c(C)c1. The molecule has 0 spiro atoms. The van der Waals surface area contributed by atoms with Crippen molar-refractivity contribution in [1.29, 1.82) is 0 Å². The van der Waals surface area contributed by atoms with Crippen LogP contribution in [0.4, 0.5) is 5.69 Å². The minimum Gasteiger partial charge on any atom is -0.399 e. The number of hydrogen-bond acceptors (Lipinski definition) is 3. The first-order valence-corrected chi connectivity index (χ1v) is 6.39. The molecule has 5 heteroatoms. The number of rotatable bonds is 6. The fourth-order valence-corrected chi connectivity index (χ4v) is 1.78. The maximum absolute atomic E-state index is 12.3. The molecule has 2 amide bonds. The Labute approximate surface area is 113 Å². The van der Waals surface area contributed by atoms with Gasteiger partial charge in [-0.3, -0.25) is 9.59 Å². The van der Waals surface area contributed by atoms with Gasteiger partial charge in [-0.05, 0) is 37.1 Å². The largest absolute Gasteiger partial charge is 0.399 e. The van der Waals surface area contributed by atoms with Crippen LogP contribution in [0.1, 0.15) is 35.7 Å². The van der Waals surface area contributed by atoms with E-state index < -0.39 is 5.91 Å². The minimum absolute atomic E-state index is 0.0533. The number of nitrogens with zero attached hydrogens (tertiary/aromatic N) is 1. The Morgan fingerprint density at radius 2 is 2.00 bits per heavy atom. The lowest BCUT2D eigenvalue weighted by molar-refractivity contribution is -0.118. The molecular formula is C14H21N3O2. The molecule has 0 aromatic heterocycles. The number of nitrogens with two attached hydrogens (primary N) is 2. The van der Waals surface area contributed by atoms with Crippen LogP contribution >= 0.6 is 0 Å². The molecule has 0 aliphatic rings. The van der Waals surface area contributed by atoms with Crippen LogP contribution in [0.25, 0.3) is 0 Å².